The Bertz CT molecular complexity index is 1480. The first-order valence-electron chi connectivity index (χ1n) is 12.2. The summed E-state index contributed by atoms with van der Waals surface area (Å²) in [6, 6.07) is 19.6. The van der Waals surface area contributed by atoms with Crippen molar-refractivity contribution >= 4 is 40.6 Å². The van der Waals surface area contributed by atoms with Gasteiger partial charge in [0.25, 0.3) is 11.8 Å². The minimum absolute atomic E-state index is 0.0931. The highest BCUT2D eigenvalue weighted by Crippen LogP contribution is 2.34. The number of hydrogen-bond acceptors (Lipinski definition) is 7. The van der Waals surface area contributed by atoms with E-state index in [1.54, 1.807) is 27.0 Å². The zero-order valence-electron chi connectivity index (χ0n) is 21.4. The number of nitrogens with zero attached hydrogens (tertiary/aromatic N) is 5. The first-order chi connectivity index (χ1) is 18.4. The summed E-state index contributed by atoms with van der Waals surface area (Å²) >= 11 is 2.94. The number of aromatic nitrogens is 3. The standard InChI is InChI=1S/C28H28N6O2S2/c1-18-9-11-20(12-10-18)23-15-22(24-8-5-13-37-24)32-34(23)26(35)17-38-28-31-30-25(33(28)3)16-29-27(36)21-7-4-6-19(2)14-21/h4-14,23H,15-17H2,1-3H3,(H,29,36)/t23-/m0/s1. The highest BCUT2D eigenvalue weighted by molar-refractivity contribution is 7.99. The van der Waals surface area contributed by atoms with E-state index in [9.17, 15) is 9.59 Å². The maximum atomic E-state index is 13.4. The number of aryl methyl sites for hydroxylation is 2. The SMILES string of the molecule is Cc1ccc([C@@H]2CC(c3cccs3)=NN2C(=O)CSc2nnc(CNC(=O)c3cccc(C)c3)n2C)cc1. The molecule has 8 nitrogen and oxygen atoms in total. The van der Waals surface area contributed by atoms with Crippen molar-refractivity contribution in [3.8, 4) is 0 Å². The second kappa shape index (κ2) is 11.3. The number of nitrogens with one attached hydrogen (secondary N) is 1. The molecule has 2 aromatic carbocycles. The molecule has 0 unspecified atom stereocenters. The van der Waals surface area contributed by atoms with Gasteiger partial charge in [-0.3, -0.25) is 9.59 Å². The average molecular weight is 545 g/mol. The number of carbonyl (C=O) groups excluding carboxylic acids is 2. The van der Waals surface area contributed by atoms with Crippen LogP contribution in [0.25, 0.3) is 0 Å². The first-order valence-corrected chi connectivity index (χ1v) is 14.1. The van der Waals surface area contributed by atoms with E-state index >= 15 is 0 Å². The molecular formula is C28H28N6O2S2. The average Bonchev–Trinajstić information content (AvgIpc) is 3.67. The Morgan fingerprint density at radius 3 is 2.61 bits per heavy atom. The van der Waals surface area contributed by atoms with E-state index < -0.39 is 0 Å². The lowest BCUT2D eigenvalue weighted by Crippen LogP contribution is -2.28. The molecule has 2 amide bonds. The molecule has 0 aliphatic carbocycles. The normalized spacial score (nSPS) is 15.0. The second-order valence-corrected chi connectivity index (χ2v) is 11.1. The maximum absolute atomic E-state index is 13.4. The smallest absolute Gasteiger partial charge is 0.253 e. The molecule has 2 aromatic heterocycles. The van der Waals surface area contributed by atoms with Gasteiger partial charge in [0.1, 0.15) is 0 Å². The fourth-order valence-electron chi connectivity index (χ4n) is 4.24. The molecule has 1 aliphatic heterocycles. The largest absolute Gasteiger partial charge is 0.345 e. The van der Waals surface area contributed by atoms with Gasteiger partial charge in [0.2, 0.25) is 0 Å². The summed E-state index contributed by atoms with van der Waals surface area (Å²) < 4.78 is 1.80. The Kier molecular flexibility index (Phi) is 7.71. The van der Waals surface area contributed by atoms with Crippen LogP contribution >= 0.6 is 23.1 Å². The molecular weight excluding hydrogens is 516 g/mol. The van der Waals surface area contributed by atoms with Crippen LogP contribution in [0.3, 0.4) is 0 Å². The number of rotatable bonds is 8. The van der Waals surface area contributed by atoms with E-state index in [2.05, 4.69) is 46.7 Å². The van der Waals surface area contributed by atoms with E-state index in [-0.39, 0.29) is 30.2 Å². The third-order valence-electron chi connectivity index (χ3n) is 6.37. The quantitative estimate of drug-likeness (QED) is 0.319. The van der Waals surface area contributed by atoms with Crippen LogP contribution in [0, 0.1) is 13.8 Å². The molecule has 0 bridgehead atoms. The third kappa shape index (κ3) is 5.71. The van der Waals surface area contributed by atoms with Gasteiger partial charge in [0.15, 0.2) is 11.0 Å². The van der Waals surface area contributed by atoms with Gasteiger partial charge in [-0.15, -0.1) is 21.5 Å². The highest BCUT2D eigenvalue weighted by Gasteiger charge is 2.33. The summed E-state index contributed by atoms with van der Waals surface area (Å²) in [7, 11) is 1.83. The van der Waals surface area contributed by atoms with Crippen LogP contribution in [0.1, 0.15) is 50.2 Å². The Morgan fingerprint density at radius 2 is 1.87 bits per heavy atom. The number of benzene rings is 2. The lowest BCUT2D eigenvalue weighted by atomic mass is 10.00. The molecule has 4 aromatic rings. The number of hydrogen-bond donors (Lipinski definition) is 1. The van der Waals surface area contributed by atoms with Crippen LogP contribution in [0.4, 0.5) is 0 Å². The fraction of sp³-hybridized carbons (Fsp3) is 0.250. The van der Waals surface area contributed by atoms with Gasteiger partial charge in [-0.05, 0) is 43.0 Å². The summed E-state index contributed by atoms with van der Waals surface area (Å²) in [5.41, 5.74) is 4.79. The van der Waals surface area contributed by atoms with Crippen molar-refractivity contribution in [3.05, 3.63) is 99.0 Å². The van der Waals surface area contributed by atoms with Gasteiger partial charge in [0.05, 0.1) is 28.9 Å². The van der Waals surface area contributed by atoms with Crippen molar-refractivity contribution in [1.29, 1.82) is 0 Å². The molecule has 3 heterocycles. The molecule has 1 aliphatic rings. The molecule has 194 valence electrons. The molecule has 0 saturated carbocycles. The van der Waals surface area contributed by atoms with Crippen molar-refractivity contribution in [1.82, 2.24) is 25.1 Å². The van der Waals surface area contributed by atoms with E-state index in [0.717, 1.165) is 21.7 Å². The molecule has 38 heavy (non-hydrogen) atoms. The summed E-state index contributed by atoms with van der Waals surface area (Å²) in [6.07, 6.45) is 0.675. The number of carbonyl (C=O) groups is 2. The first kappa shape index (κ1) is 25.9. The molecule has 0 spiro atoms. The van der Waals surface area contributed by atoms with Gasteiger partial charge in [-0.2, -0.15) is 5.10 Å². The monoisotopic (exact) mass is 544 g/mol. The van der Waals surface area contributed by atoms with Crippen LogP contribution in [0.2, 0.25) is 0 Å². The minimum Gasteiger partial charge on any atom is -0.345 e. The summed E-state index contributed by atoms with van der Waals surface area (Å²) in [5.74, 6) is 0.518. The van der Waals surface area contributed by atoms with Crippen LogP contribution in [0.15, 0.2) is 76.3 Å². The Labute approximate surface area is 229 Å². The van der Waals surface area contributed by atoms with Crippen molar-refractivity contribution in [2.45, 2.75) is 38.0 Å². The van der Waals surface area contributed by atoms with E-state index in [4.69, 9.17) is 5.10 Å². The molecule has 0 saturated heterocycles. The topological polar surface area (TPSA) is 92.5 Å². The summed E-state index contributed by atoms with van der Waals surface area (Å²) in [6.45, 7) is 4.24. The van der Waals surface area contributed by atoms with Gasteiger partial charge in [-0.25, -0.2) is 5.01 Å². The van der Waals surface area contributed by atoms with Crippen molar-refractivity contribution < 1.29 is 9.59 Å². The third-order valence-corrected chi connectivity index (χ3v) is 8.29. The van der Waals surface area contributed by atoms with Gasteiger partial charge in [-0.1, -0.05) is 65.4 Å². The Hall–Kier alpha value is -3.76. The number of thiophene rings is 1. The lowest BCUT2D eigenvalue weighted by Gasteiger charge is -2.22. The molecule has 0 radical (unpaired) electrons. The second-order valence-electron chi connectivity index (χ2n) is 9.19. The Morgan fingerprint density at radius 1 is 1.05 bits per heavy atom. The van der Waals surface area contributed by atoms with Gasteiger partial charge in [0, 0.05) is 19.0 Å². The number of amides is 2. The minimum atomic E-state index is -0.170. The van der Waals surface area contributed by atoms with Crippen molar-refractivity contribution in [3.63, 3.8) is 0 Å². The highest BCUT2D eigenvalue weighted by atomic mass is 32.2. The maximum Gasteiger partial charge on any atom is 0.253 e. The predicted octanol–water partition coefficient (Wildman–Crippen LogP) is 4.89. The predicted molar refractivity (Wildman–Crippen MR) is 150 cm³/mol. The summed E-state index contributed by atoms with van der Waals surface area (Å²) in [4.78, 5) is 27.0. The van der Waals surface area contributed by atoms with Gasteiger partial charge >= 0.3 is 0 Å². The zero-order chi connectivity index (χ0) is 26.6. The van der Waals surface area contributed by atoms with Crippen molar-refractivity contribution in [2.75, 3.05) is 5.75 Å². The zero-order valence-corrected chi connectivity index (χ0v) is 23.1. The van der Waals surface area contributed by atoms with Crippen LogP contribution in [-0.4, -0.2) is 43.1 Å². The molecule has 1 atom stereocenters. The van der Waals surface area contributed by atoms with E-state index in [0.29, 0.717) is 23.0 Å². The van der Waals surface area contributed by atoms with Crippen LogP contribution in [0.5, 0.6) is 0 Å². The number of thioether (sulfide) groups is 1. The van der Waals surface area contributed by atoms with Crippen molar-refractivity contribution in [2.24, 2.45) is 12.1 Å². The molecule has 5 rings (SSSR count). The molecule has 1 N–H and O–H groups in total. The van der Waals surface area contributed by atoms with Crippen LogP contribution < -0.4 is 5.32 Å². The van der Waals surface area contributed by atoms with Crippen LogP contribution in [-0.2, 0) is 18.4 Å². The fourth-order valence-corrected chi connectivity index (χ4v) is 5.75. The van der Waals surface area contributed by atoms with Gasteiger partial charge < -0.3 is 9.88 Å². The van der Waals surface area contributed by atoms with E-state index in [1.165, 1.54) is 17.3 Å². The molecule has 10 heteroatoms. The van der Waals surface area contributed by atoms with E-state index in [1.807, 2.05) is 49.7 Å². The molecule has 0 fully saturated rings. The number of hydrazone groups is 1. The lowest BCUT2D eigenvalue weighted by molar-refractivity contribution is -0.130. The summed E-state index contributed by atoms with van der Waals surface area (Å²) in [5, 5.41) is 20.3. The Balaban J connectivity index is 1.25.